The summed E-state index contributed by atoms with van der Waals surface area (Å²) in [4.78, 5) is 12.0. The van der Waals surface area contributed by atoms with E-state index in [0.717, 1.165) is 21.7 Å². The Balaban J connectivity index is 2.90. The van der Waals surface area contributed by atoms with Crippen LogP contribution in [0.25, 0.3) is 0 Å². The third-order valence-electron chi connectivity index (χ3n) is 3.55. The zero-order valence-corrected chi connectivity index (χ0v) is 15.2. The molecule has 1 N–H and O–H groups in total. The van der Waals surface area contributed by atoms with Crippen molar-refractivity contribution in [2.45, 2.75) is 19.9 Å². The molecular weight excluding hydrogens is 320 g/mol. The van der Waals surface area contributed by atoms with Gasteiger partial charge in [-0.05, 0) is 37.1 Å². The fraction of sp³-hybridized carbons (Fsp3) is 0.533. The molecule has 8 heteroatoms. The van der Waals surface area contributed by atoms with Crippen LogP contribution < -0.4 is 14.8 Å². The van der Waals surface area contributed by atoms with Crippen molar-refractivity contribution in [3.8, 4) is 11.5 Å². The van der Waals surface area contributed by atoms with E-state index in [1.807, 2.05) is 19.9 Å². The van der Waals surface area contributed by atoms with Crippen molar-refractivity contribution in [2.24, 2.45) is 0 Å². The standard InChI is InChI=1S/C15H24N2O5S/c1-10-7-13(21-4)14(22-5)8-12(10)11(2)16-15(18)9-17(3)23(6,19)20/h7-8,11H,9H2,1-6H3,(H,16,18). The number of rotatable bonds is 7. The van der Waals surface area contributed by atoms with Gasteiger partial charge in [0.1, 0.15) is 0 Å². The second-order valence-corrected chi connectivity index (χ2v) is 7.46. The van der Waals surface area contributed by atoms with Crippen LogP contribution in [0.3, 0.4) is 0 Å². The van der Waals surface area contributed by atoms with E-state index in [-0.39, 0.29) is 18.5 Å². The van der Waals surface area contributed by atoms with Gasteiger partial charge in [0.05, 0.1) is 33.1 Å². The van der Waals surface area contributed by atoms with Gasteiger partial charge < -0.3 is 14.8 Å². The number of hydrogen-bond donors (Lipinski definition) is 1. The Labute approximate surface area is 137 Å². The Morgan fingerprint density at radius 2 is 1.78 bits per heavy atom. The van der Waals surface area contributed by atoms with Crippen molar-refractivity contribution in [1.29, 1.82) is 0 Å². The highest BCUT2D eigenvalue weighted by molar-refractivity contribution is 7.88. The molecule has 0 aliphatic rings. The van der Waals surface area contributed by atoms with Gasteiger partial charge in [-0.3, -0.25) is 4.79 Å². The maximum atomic E-state index is 12.0. The van der Waals surface area contributed by atoms with E-state index in [9.17, 15) is 13.2 Å². The Morgan fingerprint density at radius 1 is 1.26 bits per heavy atom. The highest BCUT2D eigenvalue weighted by Crippen LogP contribution is 2.32. The van der Waals surface area contributed by atoms with Crippen LogP contribution in [-0.4, -0.2) is 52.7 Å². The molecular formula is C15H24N2O5S. The number of nitrogens with zero attached hydrogens (tertiary/aromatic N) is 1. The first-order chi connectivity index (χ1) is 10.6. The van der Waals surface area contributed by atoms with Crippen LogP contribution in [0.2, 0.25) is 0 Å². The highest BCUT2D eigenvalue weighted by Gasteiger charge is 2.19. The molecule has 0 aliphatic heterocycles. The molecule has 0 saturated heterocycles. The quantitative estimate of drug-likeness (QED) is 0.800. The number of aryl methyl sites for hydroxylation is 1. The number of amides is 1. The number of ether oxygens (including phenoxy) is 2. The van der Waals surface area contributed by atoms with Crippen molar-refractivity contribution in [1.82, 2.24) is 9.62 Å². The van der Waals surface area contributed by atoms with Gasteiger partial charge in [0.2, 0.25) is 15.9 Å². The van der Waals surface area contributed by atoms with Crippen LogP contribution >= 0.6 is 0 Å². The first-order valence-electron chi connectivity index (χ1n) is 7.03. The number of likely N-dealkylation sites (N-methyl/N-ethyl adjacent to an activating group) is 1. The van der Waals surface area contributed by atoms with Gasteiger partial charge in [0, 0.05) is 7.05 Å². The summed E-state index contributed by atoms with van der Waals surface area (Å²) in [6, 6.07) is 3.34. The lowest BCUT2D eigenvalue weighted by molar-refractivity contribution is -0.121. The van der Waals surface area contributed by atoms with Crippen LogP contribution in [0.4, 0.5) is 0 Å². The van der Waals surface area contributed by atoms with Gasteiger partial charge in [-0.2, -0.15) is 4.31 Å². The molecule has 1 rings (SSSR count). The lowest BCUT2D eigenvalue weighted by atomic mass is 10.0. The summed E-state index contributed by atoms with van der Waals surface area (Å²) >= 11 is 0. The normalized spacial score (nSPS) is 12.8. The minimum atomic E-state index is -3.39. The smallest absolute Gasteiger partial charge is 0.235 e. The Bertz CT molecular complexity index is 673. The lowest BCUT2D eigenvalue weighted by Crippen LogP contribution is -2.38. The maximum absolute atomic E-state index is 12.0. The number of nitrogens with one attached hydrogen (secondary N) is 1. The van der Waals surface area contributed by atoms with Gasteiger partial charge in [-0.1, -0.05) is 0 Å². The lowest BCUT2D eigenvalue weighted by Gasteiger charge is -2.20. The zero-order chi connectivity index (χ0) is 17.8. The molecule has 1 amide bonds. The molecule has 1 aromatic rings. The molecule has 0 saturated carbocycles. The fourth-order valence-corrected chi connectivity index (χ4v) is 2.50. The van der Waals surface area contributed by atoms with Crippen LogP contribution in [0.1, 0.15) is 24.1 Å². The van der Waals surface area contributed by atoms with Crippen molar-refractivity contribution in [2.75, 3.05) is 34.1 Å². The van der Waals surface area contributed by atoms with E-state index < -0.39 is 10.0 Å². The number of methoxy groups -OCH3 is 2. The van der Waals surface area contributed by atoms with Gasteiger partial charge in [-0.15, -0.1) is 0 Å². The summed E-state index contributed by atoms with van der Waals surface area (Å²) in [6.07, 6.45) is 1.06. The number of hydrogen-bond acceptors (Lipinski definition) is 5. The Morgan fingerprint density at radius 3 is 2.26 bits per heavy atom. The van der Waals surface area contributed by atoms with Crippen molar-refractivity contribution in [3.05, 3.63) is 23.3 Å². The number of carbonyl (C=O) groups is 1. The summed E-state index contributed by atoms with van der Waals surface area (Å²) in [6.45, 7) is 3.50. The summed E-state index contributed by atoms with van der Waals surface area (Å²) in [5.41, 5.74) is 1.81. The average Bonchev–Trinajstić information content (AvgIpc) is 2.45. The number of sulfonamides is 1. The van der Waals surface area contributed by atoms with Crippen molar-refractivity contribution < 1.29 is 22.7 Å². The van der Waals surface area contributed by atoms with E-state index in [0.29, 0.717) is 11.5 Å². The maximum Gasteiger partial charge on any atom is 0.235 e. The molecule has 0 heterocycles. The molecule has 1 unspecified atom stereocenters. The van der Waals surface area contributed by atoms with Gasteiger partial charge in [0.25, 0.3) is 0 Å². The van der Waals surface area contributed by atoms with Gasteiger partial charge in [-0.25, -0.2) is 8.42 Å². The minimum absolute atomic E-state index is 0.227. The molecule has 0 spiro atoms. The second kappa shape index (κ2) is 7.65. The van der Waals surface area contributed by atoms with E-state index in [1.165, 1.54) is 7.05 Å². The molecule has 130 valence electrons. The fourth-order valence-electron chi connectivity index (χ4n) is 2.15. The van der Waals surface area contributed by atoms with Gasteiger partial charge >= 0.3 is 0 Å². The molecule has 0 aliphatic carbocycles. The molecule has 1 aromatic carbocycles. The molecule has 0 bridgehead atoms. The minimum Gasteiger partial charge on any atom is -0.493 e. The molecule has 0 aromatic heterocycles. The van der Waals surface area contributed by atoms with Crippen LogP contribution in [0, 0.1) is 6.92 Å². The highest BCUT2D eigenvalue weighted by atomic mass is 32.2. The average molecular weight is 344 g/mol. The van der Waals surface area contributed by atoms with Crippen molar-refractivity contribution >= 4 is 15.9 Å². The van der Waals surface area contributed by atoms with Crippen molar-refractivity contribution in [3.63, 3.8) is 0 Å². The first-order valence-corrected chi connectivity index (χ1v) is 8.88. The van der Waals surface area contributed by atoms with E-state index in [4.69, 9.17) is 9.47 Å². The third-order valence-corrected chi connectivity index (χ3v) is 4.81. The Kier molecular flexibility index (Phi) is 6.40. The largest absolute Gasteiger partial charge is 0.493 e. The van der Waals surface area contributed by atoms with Gasteiger partial charge in [0.15, 0.2) is 11.5 Å². The van der Waals surface area contributed by atoms with E-state index in [2.05, 4.69) is 5.32 Å². The second-order valence-electron chi connectivity index (χ2n) is 5.37. The molecule has 0 radical (unpaired) electrons. The summed E-state index contributed by atoms with van der Waals surface area (Å²) in [5, 5.41) is 2.79. The third kappa shape index (κ3) is 5.11. The summed E-state index contributed by atoms with van der Waals surface area (Å²) in [7, 11) is 1.07. The monoisotopic (exact) mass is 344 g/mol. The molecule has 0 fully saturated rings. The number of carbonyl (C=O) groups excluding carboxylic acids is 1. The first kappa shape index (κ1) is 19.2. The topological polar surface area (TPSA) is 84.9 Å². The van der Waals surface area contributed by atoms with Crippen LogP contribution in [-0.2, 0) is 14.8 Å². The van der Waals surface area contributed by atoms with E-state index >= 15 is 0 Å². The van der Waals surface area contributed by atoms with Crippen LogP contribution in [0.15, 0.2) is 12.1 Å². The zero-order valence-electron chi connectivity index (χ0n) is 14.3. The molecule has 1 atom stereocenters. The summed E-state index contributed by atoms with van der Waals surface area (Å²) in [5.74, 6) is 0.811. The predicted molar refractivity (Wildman–Crippen MR) is 88.3 cm³/mol. The van der Waals surface area contributed by atoms with Crippen LogP contribution in [0.5, 0.6) is 11.5 Å². The SMILES string of the molecule is COc1cc(C)c(C(C)NC(=O)CN(C)S(C)(=O)=O)cc1OC. The molecule has 23 heavy (non-hydrogen) atoms. The Hall–Kier alpha value is -1.80. The summed E-state index contributed by atoms with van der Waals surface area (Å²) < 4.78 is 34.2. The van der Waals surface area contributed by atoms with E-state index in [1.54, 1.807) is 20.3 Å². The number of benzene rings is 1. The predicted octanol–water partition coefficient (Wildman–Crippen LogP) is 1.08. The molecule has 7 nitrogen and oxygen atoms in total.